The highest BCUT2D eigenvalue weighted by Crippen LogP contribution is 2.32. The lowest BCUT2D eigenvalue weighted by atomic mass is 10.1. The van der Waals surface area contributed by atoms with E-state index < -0.39 is 0 Å². The van der Waals surface area contributed by atoms with Crippen molar-refractivity contribution in [1.29, 1.82) is 0 Å². The predicted octanol–water partition coefficient (Wildman–Crippen LogP) is 4.01. The number of ketones is 1. The molecule has 0 N–H and O–H groups in total. The van der Waals surface area contributed by atoms with E-state index in [1.54, 1.807) is 18.3 Å². The molecule has 4 rings (SSSR count). The Morgan fingerprint density at radius 1 is 1.28 bits per heavy atom. The fourth-order valence-electron chi connectivity index (χ4n) is 4.30. The molecular weight excluding hydrogens is 382 g/mol. The van der Waals surface area contributed by atoms with E-state index >= 15 is 0 Å². The number of carbonyl (C=O) groups excluding carboxylic acids is 1. The zero-order valence-corrected chi connectivity index (χ0v) is 18.3. The molecule has 0 spiro atoms. The van der Waals surface area contributed by atoms with Crippen LogP contribution >= 0.6 is 11.3 Å². The van der Waals surface area contributed by atoms with Crippen LogP contribution < -0.4 is 4.74 Å². The quantitative estimate of drug-likeness (QED) is 0.612. The number of hydrogen-bond acceptors (Lipinski definition) is 6. The van der Waals surface area contributed by atoms with E-state index in [0.29, 0.717) is 6.54 Å². The van der Waals surface area contributed by atoms with Crippen LogP contribution in [0.25, 0.3) is 10.6 Å². The van der Waals surface area contributed by atoms with Crippen molar-refractivity contribution in [2.45, 2.75) is 52.1 Å². The molecule has 0 saturated carbocycles. The molecule has 0 amide bonds. The van der Waals surface area contributed by atoms with Gasteiger partial charge in [0.05, 0.1) is 18.8 Å². The maximum Gasteiger partial charge on any atom is 0.143 e. The third-order valence-electron chi connectivity index (χ3n) is 5.91. The number of carbonyl (C=O) groups is 1. The van der Waals surface area contributed by atoms with Crippen molar-refractivity contribution in [3.63, 3.8) is 0 Å². The maximum atomic E-state index is 11.4. The van der Waals surface area contributed by atoms with Gasteiger partial charge in [-0.25, -0.2) is 4.98 Å². The van der Waals surface area contributed by atoms with E-state index in [1.807, 2.05) is 0 Å². The van der Waals surface area contributed by atoms with Crippen molar-refractivity contribution >= 4 is 17.1 Å². The molecule has 0 unspecified atom stereocenters. The van der Waals surface area contributed by atoms with E-state index in [2.05, 4.69) is 41.0 Å². The van der Waals surface area contributed by atoms with Crippen molar-refractivity contribution in [3.8, 4) is 16.3 Å². The standard InChI is InChI=1S/C23H31N3O2S/c1-17-5-3-11-26(17)12-4-14-28-20-8-6-19(7-9-20)23-24-21-10-13-25(15-18(2)27)16-22(21)29-23/h6-9,17H,3-5,10-16H2,1-2H3/t17-/m1/s1. The number of aromatic nitrogens is 1. The summed E-state index contributed by atoms with van der Waals surface area (Å²) in [7, 11) is 0. The number of ether oxygens (including phenoxy) is 1. The molecule has 3 heterocycles. The zero-order valence-electron chi connectivity index (χ0n) is 17.5. The summed E-state index contributed by atoms with van der Waals surface area (Å²) in [6.07, 6.45) is 4.66. The number of benzene rings is 1. The lowest BCUT2D eigenvalue weighted by Gasteiger charge is -2.24. The van der Waals surface area contributed by atoms with Crippen LogP contribution in [0.2, 0.25) is 0 Å². The summed E-state index contributed by atoms with van der Waals surface area (Å²) < 4.78 is 5.94. The van der Waals surface area contributed by atoms with E-state index in [-0.39, 0.29) is 5.78 Å². The average molecular weight is 414 g/mol. The van der Waals surface area contributed by atoms with Gasteiger partial charge in [0, 0.05) is 42.5 Å². The van der Waals surface area contributed by atoms with Gasteiger partial charge in [-0.15, -0.1) is 11.3 Å². The molecule has 1 aromatic heterocycles. The smallest absolute Gasteiger partial charge is 0.143 e. The molecule has 0 radical (unpaired) electrons. The monoisotopic (exact) mass is 413 g/mol. The molecular formula is C23H31N3O2S. The van der Waals surface area contributed by atoms with E-state index in [4.69, 9.17) is 9.72 Å². The molecule has 2 aromatic rings. The minimum Gasteiger partial charge on any atom is -0.494 e. The first-order chi connectivity index (χ1) is 14.1. The van der Waals surface area contributed by atoms with Crippen molar-refractivity contribution in [1.82, 2.24) is 14.8 Å². The summed E-state index contributed by atoms with van der Waals surface area (Å²) in [5.74, 6) is 1.15. The minimum absolute atomic E-state index is 0.226. The highest BCUT2D eigenvalue weighted by atomic mass is 32.1. The van der Waals surface area contributed by atoms with Gasteiger partial charge in [0.2, 0.25) is 0 Å². The molecule has 2 aliphatic rings. The van der Waals surface area contributed by atoms with Gasteiger partial charge in [-0.05, 0) is 63.9 Å². The van der Waals surface area contributed by atoms with Gasteiger partial charge in [-0.3, -0.25) is 9.69 Å². The normalized spacial score (nSPS) is 20.0. The molecule has 0 aliphatic carbocycles. The van der Waals surface area contributed by atoms with E-state index in [1.165, 1.54) is 30.0 Å². The largest absolute Gasteiger partial charge is 0.494 e. The topological polar surface area (TPSA) is 45.7 Å². The molecule has 1 atom stereocenters. The SMILES string of the molecule is CC(=O)CN1CCc2nc(-c3ccc(OCCCN4CCC[C@H]4C)cc3)sc2C1. The first-order valence-corrected chi connectivity index (χ1v) is 11.6. The first kappa shape index (κ1) is 20.5. The van der Waals surface area contributed by atoms with Crippen molar-refractivity contribution in [3.05, 3.63) is 34.8 Å². The van der Waals surface area contributed by atoms with E-state index in [0.717, 1.165) is 61.4 Å². The van der Waals surface area contributed by atoms with E-state index in [9.17, 15) is 4.79 Å². The van der Waals surface area contributed by atoms with Crippen LogP contribution in [-0.4, -0.2) is 59.4 Å². The summed E-state index contributed by atoms with van der Waals surface area (Å²) in [6, 6.07) is 9.05. The van der Waals surface area contributed by atoms with Crippen molar-refractivity contribution in [2.24, 2.45) is 0 Å². The molecule has 2 aliphatic heterocycles. The number of fused-ring (bicyclic) bond motifs is 1. The van der Waals surface area contributed by atoms with Crippen LogP contribution in [-0.2, 0) is 17.8 Å². The van der Waals surface area contributed by atoms with Gasteiger partial charge in [-0.1, -0.05) is 0 Å². The van der Waals surface area contributed by atoms with Crippen LogP contribution in [0.5, 0.6) is 5.75 Å². The Morgan fingerprint density at radius 3 is 2.83 bits per heavy atom. The van der Waals surface area contributed by atoms with Crippen molar-refractivity contribution < 1.29 is 9.53 Å². The lowest BCUT2D eigenvalue weighted by molar-refractivity contribution is -0.118. The van der Waals surface area contributed by atoms with Crippen LogP contribution in [0.4, 0.5) is 0 Å². The average Bonchev–Trinajstić information content (AvgIpc) is 3.31. The van der Waals surface area contributed by atoms with Gasteiger partial charge < -0.3 is 9.64 Å². The second-order valence-corrected chi connectivity index (χ2v) is 9.39. The summed E-state index contributed by atoms with van der Waals surface area (Å²) in [5, 5.41) is 1.06. The van der Waals surface area contributed by atoms with Gasteiger partial charge in [0.15, 0.2) is 0 Å². The van der Waals surface area contributed by atoms with Crippen molar-refractivity contribution in [2.75, 3.05) is 32.8 Å². The molecule has 1 saturated heterocycles. The predicted molar refractivity (Wildman–Crippen MR) is 118 cm³/mol. The number of rotatable bonds is 8. The summed E-state index contributed by atoms with van der Waals surface area (Å²) in [5.41, 5.74) is 2.34. The number of Topliss-reactive ketones (excluding diaryl/α,β-unsaturated/α-hetero) is 1. The molecule has 156 valence electrons. The molecule has 1 aromatic carbocycles. The Hall–Kier alpha value is -1.76. The molecule has 0 bridgehead atoms. The fraction of sp³-hybridized carbons (Fsp3) is 0.565. The van der Waals surface area contributed by atoms with Crippen LogP contribution in [0.3, 0.4) is 0 Å². The van der Waals surface area contributed by atoms with Gasteiger partial charge in [0.1, 0.15) is 16.5 Å². The Labute approximate surface area is 177 Å². The molecule has 1 fully saturated rings. The Morgan fingerprint density at radius 2 is 2.10 bits per heavy atom. The Bertz CT molecular complexity index is 833. The summed E-state index contributed by atoms with van der Waals surface area (Å²) >= 11 is 1.75. The Balaban J connectivity index is 1.29. The van der Waals surface area contributed by atoms with Gasteiger partial charge in [0.25, 0.3) is 0 Å². The number of nitrogens with zero attached hydrogens (tertiary/aromatic N) is 3. The van der Waals surface area contributed by atoms with Crippen LogP contribution in [0, 0.1) is 0 Å². The molecule has 6 heteroatoms. The van der Waals surface area contributed by atoms with Crippen LogP contribution in [0.15, 0.2) is 24.3 Å². The third kappa shape index (κ3) is 5.24. The number of likely N-dealkylation sites (tertiary alicyclic amines) is 1. The lowest BCUT2D eigenvalue weighted by Crippen LogP contribution is -2.33. The summed E-state index contributed by atoms with van der Waals surface area (Å²) in [4.78, 5) is 22.3. The minimum atomic E-state index is 0.226. The van der Waals surface area contributed by atoms with Gasteiger partial charge in [-0.2, -0.15) is 0 Å². The van der Waals surface area contributed by atoms with Gasteiger partial charge >= 0.3 is 0 Å². The fourth-order valence-corrected chi connectivity index (χ4v) is 5.45. The summed E-state index contributed by atoms with van der Waals surface area (Å²) in [6.45, 7) is 9.40. The third-order valence-corrected chi connectivity index (χ3v) is 7.04. The number of thiazole rings is 1. The first-order valence-electron chi connectivity index (χ1n) is 10.8. The molecule has 29 heavy (non-hydrogen) atoms. The Kier molecular flexibility index (Phi) is 6.63. The zero-order chi connectivity index (χ0) is 20.2. The molecule has 5 nitrogen and oxygen atoms in total. The number of hydrogen-bond donors (Lipinski definition) is 0. The second kappa shape index (κ2) is 9.37. The highest BCUT2D eigenvalue weighted by molar-refractivity contribution is 7.15. The second-order valence-electron chi connectivity index (χ2n) is 8.31. The maximum absolute atomic E-state index is 11.4. The van der Waals surface area contributed by atoms with Crippen LogP contribution in [0.1, 0.15) is 43.7 Å². The highest BCUT2D eigenvalue weighted by Gasteiger charge is 2.22.